The van der Waals surface area contributed by atoms with Crippen LogP contribution in [0.4, 0.5) is 0 Å². The zero-order valence-electron chi connectivity index (χ0n) is 11.8. The molecule has 0 heterocycles. The van der Waals surface area contributed by atoms with Gasteiger partial charge in [0.15, 0.2) is 0 Å². The highest BCUT2D eigenvalue weighted by atomic mass is 16.4. The summed E-state index contributed by atoms with van der Waals surface area (Å²) in [6.45, 7) is -0.285. The predicted molar refractivity (Wildman–Crippen MR) is 74.4 cm³/mol. The van der Waals surface area contributed by atoms with Gasteiger partial charge < -0.3 is 26.2 Å². The lowest BCUT2D eigenvalue weighted by Gasteiger charge is -1.98. The highest BCUT2D eigenvalue weighted by Crippen LogP contribution is 2.08. The van der Waals surface area contributed by atoms with Crippen LogP contribution in [0.1, 0.15) is 51.4 Å². The van der Waals surface area contributed by atoms with Crippen molar-refractivity contribution in [3.8, 4) is 0 Å². The monoisotopic (exact) mass is 293 g/mol. The lowest BCUT2D eigenvalue weighted by Crippen LogP contribution is -2.27. The zero-order chi connectivity index (χ0) is 15.8. The van der Waals surface area contributed by atoms with Gasteiger partial charge in [-0.15, -0.1) is 0 Å². The average Bonchev–Trinajstić information content (AvgIpc) is 2.40. The number of hydrogen-bond acceptors (Lipinski definition) is 5. The van der Waals surface area contributed by atoms with Crippen LogP contribution in [-0.4, -0.2) is 51.6 Å². The van der Waals surface area contributed by atoms with Crippen molar-refractivity contribution in [1.82, 2.24) is 0 Å². The standard InChI is InChI=1S/C10H18O4.C3H9NO2/c11-9(12)7-5-3-1-2-4-6-8-10(13)14;4-3(1-5)2-6/h1-8H2,(H,11,12)(H,13,14);3,5-6H,1-2,4H2. The van der Waals surface area contributed by atoms with E-state index in [2.05, 4.69) is 0 Å². The molecule has 7 heteroatoms. The quantitative estimate of drug-likeness (QED) is 0.351. The number of carboxylic acid groups (broad SMARTS) is 2. The van der Waals surface area contributed by atoms with Gasteiger partial charge in [0.2, 0.25) is 0 Å². The fourth-order valence-corrected chi connectivity index (χ4v) is 1.32. The van der Waals surface area contributed by atoms with Gasteiger partial charge in [0, 0.05) is 12.8 Å². The van der Waals surface area contributed by atoms with Crippen LogP contribution in [0.25, 0.3) is 0 Å². The van der Waals surface area contributed by atoms with E-state index >= 15 is 0 Å². The number of aliphatic hydroxyl groups is 2. The van der Waals surface area contributed by atoms with Crippen LogP contribution in [0.15, 0.2) is 0 Å². The van der Waals surface area contributed by atoms with Crippen LogP contribution >= 0.6 is 0 Å². The molecule has 0 aliphatic carbocycles. The average molecular weight is 293 g/mol. The molecular weight excluding hydrogens is 266 g/mol. The third-order valence-electron chi connectivity index (χ3n) is 2.50. The van der Waals surface area contributed by atoms with E-state index in [1.54, 1.807) is 0 Å². The molecule has 0 saturated carbocycles. The summed E-state index contributed by atoms with van der Waals surface area (Å²) in [7, 11) is 0. The molecule has 0 aromatic carbocycles. The molecule has 0 saturated heterocycles. The van der Waals surface area contributed by atoms with E-state index in [0.717, 1.165) is 38.5 Å². The molecule has 0 aromatic rings. The van der Waals surface area contributed by atoms with E-state index in [4.69, 9.17) is 26.2 Å². The Morgan fingerprint density at radius 2 is 1.05 bits per heavy atom. The molecule has 0 spiro atoms. The van der Waals surface area contributed by atoms with E-state index in [1.165, 1.54) is 0 Å². The van der Waals surface area contributed by atoms with Crippen molar-refractivity contribution in [1.29, 1.82) is 0 Å². The number of carboxylic acids is 2. The maximum atomic E-state index is 10.1. The minimum Gasteiger partial charge on any atom is -0.481 e. The van der Waals surface area contributed by atoms with Crippen molar-refractivity contribution in [3.05, 3.63) is 0 Å². The normalized spacial score (nSPS) is 10.0. The van der Waals surface area contributed by atoms with Gasteiger partial charge in [-0.1, -0.05) is 25.7 Å². The first-order chi connectivity index (χ1) is 9.43. The summed E-state index contributed by atoms with van der Waals surface area (Å²) in [6, 6.07) is -0.454. The van der Waals surface area contributed by atoms with Crippen LogP contribution in [0.3, 0.4) is 0 Å². The highest BCUT2D eigenvalue weighted by Gasteiger charge is 1.98. The van der Waals surface area contributed by atoms with Crippen molar-refractivity contribution in [2.45, 2.75) is 57.4 Å². The van der Waals surface area contributed by atoms with Gasteiger partial charge in [0.25, 0.3) is 0 Å². The van der Waals surface area contributed by atoms with Gasteiger partial charge in [0.1, 0.15) is 0 Å². The molecule has 0 aliphatic heterocycles. The van der Waals surface area contributed by atoms with Crippen molar-refractivity contribution in [3.63, 3.8) is 0 Å². The van der Waals surface area contributed by atoms with Gasteiger partial charge in [-0.25, -0.2) is 0 Å². The maximum absolute atomic E-state index is 10.1. The predicted octanol–water partition coefficient (Wildman–Crippen LogP) is 0.575. The second-order valence-corrected chi connectivity index (χ2v) is 4.53. The molecule has 6 N–H and O–H groups in total. The Labute approximate surface area is 119 Å². The van der Waals surface area contributed by atoms with Gasteiger partial charge in [-0.2, -0.15) is 0 Å². The Morgan fingerprint density at radius 1 is 0.750 bits per heavy atom. The fourth-order valence-electron chi connectivity index (χ4n) is 1.32. The minimum atomic E-state index is -0.740. The van der Waals surface area contributed by atoms with E-state index < -0.39 is 18.0 Å². The van der Waals surface area contributed by atoms with Crippen LogP contribution in [-0.2, 0) is 9.59 Å². The van der Waals surface area contributed by atoms with Gasteiger partial charge >= 0.3 is 11.9 Å². The summed E-state index contributed by atoms with van der Waals surface area (Å²) < 4.78 is 0. The Balaban J connectivity index is 0. The second-order valence-electron chi connectivity index (χ2n) is 4.53. The number of aliphatic carboxylic acids is 2. The van der Waals surface area contributed by atoms with Gasteiger partial charge in [-0.05, 0) is 12.8 Å². The summed E-state index contributed by atoms with van der Waals surface area (Å²) in [5, 5.41) is 32.8. The first-order valence-corrected chi connectivity index (χ1v) is 6.84. The molecule has 0 fully saturated rings. The molecule has 0 rings (SSSR count). The molecule has 0 atom stereocenters. The van der Waals surface area contributed by atoms with Crippen molar-refractivity contribution >= 4 is 11.9 Å². The topological polar surface area (TPSA) is 141 Å². The Morgan fingerprint density at radius 3 is 1.25 bits per heavy atom. The minimum absolute atomic E-state index is 0.142. The van der Waals surface area contributed by atoms with Crippen LogP contribution < -0.4 is 5.73 Å². The third-order valence-corrected chi connectivity index (χ3v) is 2.50. The largest absolute Gasteiger partial charge is 0.481 e. The fraction of sp³-hybridized carbons (Fsp3) is 0.846. The number of hydrogen-bond donors (Lipinski definition) is 5. The summed E-state index contributed by atoms with van der Waals surface area (Å²) in [6.07, 6.45) is 5.82. The summed E-state index contributed by atoms with van der Waals surface area (Å²) in [5.41, 5.74) is 4.97. The molecule has 0 bridgehead atoms. The number of rotatable bonds is 11. The summed E-state index contributed by atoms with van der Waals surface area (Å²) in [5.74, 6) is -1.48. The molecule has 120 valence electrons. The molecular formula is C13H27NO6. The van der Waals surface area contributed by atoms with Gasteiger partial charge in [-0.3, -0.25) is 9.59 Å². The number of nitrogens with two attached hydrogens (primary N) is 1. The number of carbonyl (C=O) groups is 2. The highest BCUT2D eigenvalue weighted by molar-refractivity contribution is 5.66. The third kappa shape index (κ3) is 22.0. The van der Waals surface area contributed by atoms with E-state index in [-0.39, 0.29) is 26.1 Å². The Hall–Kier alpha value is -1.18. The Bertz CT molecular complexity index is 223. The lowest BCUT2D eigenvalue weighted by atomic mass is 10.1. The first-order valence-electron chi connectivity index (χ1n) is 6.84. The van der Waals surface area contributed by atoms with E-state index in [1.807, 2.05) is 0 Å². The molecule has 0 unspecified atom stereocenters. The van der Waals surface area contributed by atoms with E-state index in [9.17, 15) is 9.59 Å². The molecule has 0 aliphatic rings. The molecule has 0 aromatic heterocycles. The van der Waals surface area contributed by atoms with Crippen LogP contribution in [0, 0.1) is 0 Å². The van der Waals surface area contributed by atoms with Crippen LogP contribution in [0.5, 0.6) is 0 Å². The first kappa shape index (κ1) is 21.1. The molecule has 0 amide bonds. The number of aliphatic hydroxyl groups excluding tert-OH is 2. The summed E-state index contributed by atoms with van der Waals surface area (Å²) >= 11 is 0. The Kier molecular flexibility index (Phi) is 16.8. The molecule has 7 nitrogen and oxygen atoms in total. The second kappa shape index (κ2) is 15.9. The maximum Gasteiger partial charge on any atom is 0.303 e. The van der Waals surface area contributed by atoms with E-state index in [0.29, 0.717) is 0 Å². The van der Waals surface area contributed by atoms with Crippen molar-refractivity contribution < 1.29 is 30.0 Å². The molecule has 0 radical (unpaired) electrons. The zero-order valence-corrected chi connectivity index (χ0v) is 11.8. The van der Waals surface area contributed by atoms with Crippen LogP contribution in [0.2, 0.25) is 0 Å². The SMILES string of the molecule is NC(CO)CO.O=C(O)CCCCCCCCC(=O)O. The number of unbranched alkanes of at least 4 members (excludes halogenated alkanes) is 5. The lowest BCUT2D eigenvalue weighted by molar-refractivity contribution is -0.138. The summed E-state index contributed by atoms with van der Waals surface area (Å²) in [4.78, 5) is 20.3. The van der Waals surface area contributed by atoms with Crippen molar-refractivity contribution in [2.75, 3.05) is 13.2 Å². The van der Waals surface area contributed by atoms with Crippen molar-refractivity contribution in [2.24, 2.45) is 5.73 Å². The smallest absolute Gasteiger partial charge is 0.303 e. The molecule has 20 heavy (non-hydrogen) atoms. The van der Waals surface area contributed by atoms with Gasteiger partial charge in [0.05, 0.1) is 19.3 Å².